The number of nitrogens with zero attached hydrogens (tertiary/aromatic N) is 1. The molecule has 6 nitrogen and oxygen atoms in total. The lowest BCUT2D eigenvalue weighted by molar-refractivity contribution is -0.111. The number of para-hydroxylation sites is 1. The van der Waals surface area contributed by atoms with Crippen LogP contribution in [0.15, 0.2) is 48.5 Å². The second-order valence-corrected chi connectivity index (χ2v) is 9.32. The van der Waals surface area contributed by atoms with Crippen molar-refractivity contribution in [2.75, 3.05) is 32.1 Å². The van der Waals surface area contributed by atoms with E-state index in [0.29, 0.717) is 23.3 Å². The number of hydrogen-bond donors (Lipinski definition) is 2. The Morgan fingerprint density at radius 3 is 2.50 bits per heavy atom. The number of anilines is 1. The number of methoxy groups -OCH3 is 1. The number of ether oxygens (including phenoxy) is 1. The van der Waals surface area contributed by atoms with Gasteiger partial charge in [0.15, 0.2) is 0 Å². The van der Waals surface area contributed by atoms with Crippen LogP contribution < -0.4 is 15.8 Å². The van der Waals surface area contributed by atoms with Crippen molar-refractivity contribution in [1.82, 2.24) is 4.90 Å². The lowest BCUT2D eigenvalue weighted by atomic mass is 9.88. The monoisotopic (exact) mass is 465 g/mol. The van der Waals surface area contributed by atoms with Crippen molar-refractivity contribution >= 4 is 17.9 Å². The summed E-state index contributed by atoms with van der Waals surface area (Å²) < 4.78 is 5.27. The van der Waals surface area contributed by atoms with Crippen LogP contribution in [-0.2, 0) is 11.2 Å². The maximum absolute atomic E-state index is 12.5. The summed E-state index contributed by atoms with van der Waals surface area (Å²) in [6.45, 7) is 3.51. The average Bonchev–Trinajstić information content (AvgIpc) is 2.89. The first-order valence-electron chi connectivity index (χ1n) is 12.6. The van der Waals surface area contributed by atoms with Crippen LogP contribution in [0.1, 0.15) is 60.9 Å². The quantitative estimate of drug-likeness (QED) is 0.580. The van der Waals surface area contributed by atoms with Crippen LogP contribution in [-0.4, -0.2) is 49.9 Å². The van der Waals surface area contributed by atoms with Crippen LogP contribution in [0.25, 0.3) is 0 Å². The summed E-state index contributed by atoms with van der Waals surface area (Å²) >= 11 is 0. The van der Waals surface area contributed by atoms with Crippen LogP contribution in [0.3, 0.4) is 0 Å². The Balaban J connectivity index is 0.000000302. The third kappa shape index (κ3) is 8.26. The van der Waals surface area contributed by atoms with Gasteiger partial charge in [-0.3, -0.25) is 4.79 Å². The van der Waals surface area contributed by atoms with Gasteiger partial charge in [-0.2, -0.15) is 0 Å². The number of rotatable bonds is 7. The number of benzene rings is 2. The standard InChI is InChI=1S/C21H26N2O2.C7H13NO/c1-25-20-11-4-3-10-19(20)21(24)22-18-9-7-8-17(16-18)12-15-23-13-5-2-6-14-23;8-7-3-1-6(5-9)2-4-7/h3-4,7-11,16H,2,5-6,12-15H2,1H3,(H,22,24);5-7H,1-4,8H2. The van der Waals surface area contributed by atoms with Gasteiger partial charge < -0.3 is 25.5 Å². The van der Waals surface area contributed by atoms with Crippen molar-refractivity contribution in [3.63, 3.8) is 0 Å². The van der Waals surface area contributed by atoms with Gasteiger partial charge in [-0.15, -0.1) is 0 Å². The fraction of sp³-hybridized carbons (Fsp3) is 0.500. The maximum Gasteiger partial charge on any atom is 0.259 e. The van der Waals surface area contributed by atoms with E-state index in [1.54, 1.807) is 19.2 Å². The summed E-state index contributed by atoms with van der Waals surface area (Å²) in [5.74, 6) is 0.747. The average molecular weight is 466 g/mol. The van der Waals surface area contributed by atoms with Crippen LogP contribution >= 0.6 is 0 Å². The normalized spacial score (nSPS) is 20.5. The number of aldehydes is 1. The van der Waals surface area contributed by atoms with Crippen LogP contribution in [0.2, 0.25) is 0 Å². The molecule has 0 bridgehead atoms. The molecule has 6 heteroatoms. The lowest BCUT2D eigenvalue weighted by Gasteiger charge is -2.26. The minimum absolute atomic E-state index is 0.148. The molecule has 34 heavy (non-hydrogen) atoms. The van der Waals surface area contributed by atoms with Gasteiger partial charge >= 0.3 is 0 Å². The molecule has 2 aliphatic rings. The zero-order chi connectivity index (χ0) is 24.2. The van der Waals surface area contributed by atoms with E-state index in [4.69, 9.17) is 10.5 Å². The number of likely N-dealkylation sites (tertiary alicyclic amines) is 1. The van der Waals surface area contributed by atoms with E-state index >= 15 is 0 Å². The smallest absolute Gasteiger partial charge is 0.259 e. The van der Waals surface area contributed by atoms with E-state index in [0.717, 1.165) is 50.6 Å². The number of nitrogens with one attached hydrogen (secondary N) is 1. The SMILES string of the molecule is COc1ccccc1C(=O)Nc1cccc(CCN2CCCCC2)c1.NC1CCC(C=O)CC1. The van der Waals surface area contributed by atoms with Crippen LogP contribution in [0, 0.1) is 5.92 Å². The summed E-state index contributed by atoms with van der Waals surface area (Å²) in [6, 6.07) is 15.8. The maximum atomic E-state index is 12.5. The van der Waals surface area contributed by atoms with Crippen molar-refractivity contribution in [2.24, 2.45) is 11.7 Å². The highest BCUT2D eigenvalue weighted by Gasteiger charge is 2.17. The van der Waals surface area contributed by atoms with Crippen molar-refractivity contribution in [2.45, 2.75) is 57.4 Å². The second kappa shape index (κ2) is 13.9. The Morgan fingerprint density at radius 1 is 1.06 bits per heavy atom. The molecule has 0 aromatic heterocycles. The Hall–Kier alpha value is -2.70. The molecule has 2 aromatic rings. The minimum atomic E-state index is -0.148. The molecule has 1 saturated heterocycles. The topological polar surface area (TPSA) is 84.7 Å². The van der Waals surface area contributed by atoms with E-state index in [-0.39, 0.29) is 5.91 Å². The predicted molar refractivity (Wildman–Crippen MR) is 137 cm³/mol. The Bertz CT molecular complexity index is 903. The number of hydrogen-bond acceptors (Lipinski definition) is 5. The molecule has 4 rings (SSSR count). The summed E-state index contributed by atoms with van der Waals surface area (Å²) in [5, 5.41) is 2.98. The number of carbonyl (C=O) groups is 2. The largest absolute Gasteiger partial charge is 0.496 e. The fourth-order valence-electron chi connectivity index (χ4n) is 4.59. The molecule has 0 unspecified atom stereocenters. The molecule has 1 amide bonds. The first-order chi connectivity index (χ1) is 16.6. The molecule has 3 N–H and O–H groups in total. The molecule has 0 spiro atoms. The second-order valence-electron chi connectivity index (χ2n) is 9.32. The van der Waals surface area contributed by atoms with Crippen molar-refractivity contribution in [3.05, 3.63) is 59.7 Å². The molecule has 1 aliphatic carbocycles. The molecular weight excluding hydrogens is 426 g/mol. The van der Waals surface area contributed by atoms with Gasteiger partial charge in [-0.25, -0.2) is 0 Å². The molecule has 1 heterocycles. The Morgan fingerprint density at radius 2 is 1.79 bits per heavy atom. The molecule has 1 aliphatic heterocycles. The van der Waals surface area contributed by atoms with E-state index < -0.39 is 0 Å². The van der Waals surface area contributed by atoms with Gasteiger partial charge in [0.2, 0.25) is 0 Å². The third-order valence-corrected chi connectivity index (χ3v) is 6.71. The van der Waals surface area contributed by atoms with Gasteiger partial charge in [0.05, 0.1) is 12.7 Å². The highest BCUT2D eigenvalue weighted by Crippen LogP contribution is 2.21. The number of carbonyl (C=O) groups excluding carboxylic acids is 2. The summed E-state index contributed by atoms with van der Waals surface area (Å²) in [5.41, 5.74) is 8.26. The van der Waals surface area contributed by atoms with Crippen molar-refractivity contribution < 1.29 is 14.3 Å². The van der Waals surface area contributed by atoms with Gasteiger partial charge in [-0.1, -0.05) is 30.7 Å². The molecule has 0 atom stereocenters. The summed E-state index contributed by atoms with van der Waals surface area (Å²) in [4.78, 5) is 25.3. The summed E-state index contributed by atoms with van der Waals surface area (Å²) in [6.07, 6.45) is 10.1. The molecule has 184 valence electrons. The van der Waals surface area contributed by atoms with Gasteiger partial charge in [0.25, 0.3) is 5.91 Å². The van der Waals surface area contributed by atoms with Crippen molar-refractivity contribution in [1.29, 1.82) is 0 Å². The Kier molecular flexibility index (Phi) is 10.6. The van der Waals surface area contributed by atoms with E-state index in [2.05, 4.69) is 22.3 Å². The lowest BCUT2D eigenvalue weighted by Crippen LogP contribution is -2.31. The molecule has 2 aromatic carbocycles. The first kappa shape index (κ1) is 25.9. The van der Waals surface area contributed by atoms with E-state index in [1.165, 1.54) is 37.9 Å². The van der Waals surface area contributed by atoms with Gasteiger partial charge in [-0.05, 0) is 87.9 Å². The van der Waals surface area contributed by atoms with Crippen LogP contribution in [0.5, 0.6) is 5.75 Å². The predicted octanol–water partition coefficient (Wildman–Crippen LogP) is 4.68. The molecule has 2 fully saturated rings. The van der Waals surface area contributed by atoms with Crippen LogP contribution in [0.4, 0.5) is 5.69 Å². The van der Waals surface area contributed by atoms with Gasteiger partial charge in [0.1, 0.15) is 12.0 Å². The zero-order valence-electron chi connectivity index (χ0n) is 20.4. The van der Waals surface area contributed by atoms with Crippen molar-refractivity contribution in [3.8, 4) is 5.75 Å². The highest BCUT2D eigenvalue weighted by molar-refractivity contribution is 6.06. The zero-order valence-corrected chi connectivity index (χ0v) is 20.4. The fourth-order valence-corrected chi connectivity index (χ4v) is 4.59. The highest BCUT2D eigenvalue weighted by atomic mass is 16.5. The third-order valence-electron chi connectivity index (χ3n) is 6.71. The number of piperidine rings is 1. The van der Waals surface area contributed by atoms with E-state index in [9.17, 15) is 9.59 Å². The number of nitrogens with two attached hydrogens (primary N) is 1. The summed E-state index contributed by atoms with van der Waals surface area (Å²) in [7, 11) is 1.58. The Labute approximate surface area is 203 Å². The van der Waals surface area contributed by atoms with E-state index in [1.807, 2.05) is 24.3 Å². The number of amides is 1. The first-order valence-corrected chi connectivity index (χ1v) is 12.6. The molecule has 0 radical (unpaired) electrons. The molecule has 1 saturated carbocycles. The van der Waals surface area contributed by atoms with Gasteiger partial charge in [0, 0.05) is 24.2 Å². The minimum Gasteiger partial charge on any atom is -0.496 e. The molecular formula is C28H39N3O3.